The number of halogens is 1. The zero-order valence-corrected chi connectivity index (χ0v) is 17.2. The van der Waals surface area contributed by atoms with Crippen LogP contribution in [0.1, 0.15) is 32.7 Å². The molecule has 0 spiro atoms. The maximum atomic E-state index is 12.9. The Balaban J connectivity index is 1.84. The van der Waals surface area contributed by atoms with Crippen molar-refractivity contribution in [2.24, 2.45) is 0 Å². The fourth-order valence-electron chi connectivity index (χ4n) is 3.33. The molecule has 3 rings (SSSR count). The Bertz CT molecular complexity index is 1130. The summed E-state index contributed by atoms with van der Waals surface area (Å²) < 4.78 is 0. The van der Waals surface area contributed by atoms with Crippen LogP contribution in [0.25, 0.3) is 11.1 Å². The van der Waals surface area contributed by atoms with Gasteiger partial charge in [0.2, 0.25) is 0 Å². The number of rotatable bonds is 8. The predicted molar refractivity (Wildman–Crippen MR) is 118 cm³/mol. The van der Waals surface area contributed by atoms with Crippen LogP contribution in [0, 0.1) is 0 Å². The van der Waals surface area contributed by atoms with E-state index in [1.54, 1.807) is 66.7 Å². The molecule has 3 aromatic rings. The number of hydrogen-bond donors (Lipinski definition) is 3. The molecule has 1 unspecified atom stereocenters. The highest BCUT2D eigenvalue weighted by Gasteiger charge is 2.19. The fourth-order valence-corrected chi connectivity index (χ4v) is 3.55. The normalized spacial score (nSPS) is 11.5. The van der Waals surface area contributed by atoms with Gasteiger partial charge in [-0.15, -0.1) is 0 Å². The van der Waals surface area contributed by atoms with E-state index in [1.807, 2.05) is 0 Å². The summed E-state index contributed by atoms with van der Waals surface area (Å²) in [5, 5.41) is 21.9. The second kappa shape index (κ2) is 9.91. The van der Waals surface area contributed by atoms with Crippen molar-refractivity contribution >= 4 is 29.4 Å². The average Bonchev–Trinajstić information content (AvgIpc) is 2.75. The Morgan fingerprint density at radius 2 is 1.61 bits per heavy atom. The first-order valence-electron chi connectivity index (χ1n) is 9.54. The zero-order valence-electron chi connectivity index (χ0n) is 16.4. The Morgan fingerprint density at radius 3 is 2.32 bits per heavy atom. The van der Waals surface area contributed by atoms with E-state index in [4.69, 9.17) is 11.6 Å². The van der Waals surface area contributed by atoms with Gasteiger partial charge in [0.05, 0.1) is 12.0 Å². The van der Waals surface area contributed by atoms with Crippen LogP contribution < -0.4 is 5.32 Å². The molecular weight excluding hydrogens is 418 g/mol. The molecule has 0 aliphatic rings. The lowest BCUT2D eigenvalue weighted by atomic mass is 9.97. The molecule has 6 nitrogen and oxygen atoms in total. The fraction of sp³-hybridized carbons (Fsp3) is 0.125. The maximum absolute atomic E-state index is 12.9. The lowest BCUT2D eigenvalue weighted by molar-refractivity contribution is -0.137. The second-order valence-corrected chi connectivity index (χ2v) is 7.40. The molecule has 1 atom stereocenters. The molecule has 0 aliphatic carbocycles. The van der Waals surface area contributed by atoms with Gasteiger partial charge in [0.1, 0.15) is 0 Å². The Morgan fingerprint density at radius 1 is 0.903 bits per heavy atom. The number of aromatic carboxylic acids is 1. The van der Waals surface area contributed by atoms with Crippen molar-refractivity contribution in [1.29, 1.82) is 0 Å². The number of aliphatic carboxylic acids is 1. The van der Waals surface area contributed by atoms with Crippen LogP contribution >= 0.6 is 11.6 Å². The van der Waals surface area contributed by atoms with E-state index in [0.717, 1.165) is 5.56 Å². The molecule has 0 fully saturated rings. The SMILES string of the molecule is O=C(O)CC(Cc1ccccc1Cl)NC(=O)c1cccc(-c2ccccc2C(=O)O)c1. The lowest BCUT2D eigenvalue weighted by Gasteiger charge is -2.18. The average molecular weight is 438 g/mol. The summed E-state index contributed by atoms with van der Waals surface area (Å²) in [5.41, 5.74) is 2.23. The van der Waals surface area contributed by atoms with Gasteiger partial charge in [0.25, 0.3) is 5.91 Å². The lowest BCUT2D eigenvalue weighted by Crippen LogP contribution is -2.38. The molecule has 0 bridgehead atoms. The molecule has 31 heavy (non-hydrogen) atoms. The summed E-state index contributed by atoms with van der Waals surface area (Å²) >= 11 is 6.18. The highest BCUT2D eigenvalue weighted by Crippen LogP contribution is 2.25. The van der Waals surface area contributed by atoms with E-state index >= 15 is 0 Å². The standard InChI is InChI=1S/C24H20ClNO5/c25-21-11-4-1-6-16(21)13-18(14-22(27)28)26-23(29)17-8-5-7-15(12-17)19-9-2-3-10-20(19)24(30)31/h1-12,18H,13-14H2,(H,26,29)(H,27,28)(H,30,31). The van der Waals surface area contributed by atoms with E-state index in [-0.39, 0.29) is 18.4 Å². The molecular formula is C24H20ClNO5. The van der Waals surface area contributed by atoms with Crippen LogP contribution in [-0.2, 0) is 11.2 Å². The number of carboxylic acid groups (broad SMARTS) is 2. The number of carboxylic acids is 2. The molecule has 1 amide bonds. The van der Waals surface area contributed by atoms with Gasteiger partial charge >= 0.3 is 11.9 Å². The van der Waals surface area contributed by atoms with Crippen molar-refractivity contribution in [1.82, 2.24) is 5.32 Å². The van der Waals surface area contributed by atoms with Crippen LogP contribution in [0.15, 0.2) is 72.8 Å². The van der Waals surface area contributed by atoms with E-state index in [1.165, 1.54) is 6.07 Å². The number of nitrogens with one attached hydrogen (secondary N) is 1. The monoisotopic (exact) mass is 437 g/mol. The molecule has 0 aliphatic heterocycles. The zero-order chi connectivity index (χ0) is 22.4. The summed E-state index contributed by atoms with van der Waals surface area (Å²) in [4.78, 5) is 35.7. The summed E-state index contributed by atoms with van der Waals surface area (Å²) in [5.74, 6) is -2.55. The summed E-state index contributed by atoms with van der Waals surface area (Å²) in [6.07, 6.45) is -0.00223. The third kappa shape index (κ3) is 5.71. The van der Waals surface area contributed by atoms with Crippen LogP contribution in [0.2, 0.25) is 5.02 Å². The molecule has 7 heteroatoms. The highest BCUT2D eigenvalue weighted by atomic mass is 35.5. The molecule has 158 valence electrons. The first kappa shape index (κ1) is 22.1. The van der Waals surface area contributed by atoms with Crippen LogP contribution in [-0.4, -0.2) is 34.1 Å². The maximum Gasteiger partial charge on any atom is 0.336 e. The second-order valence-electron chi connectivity index (χ2n) is 7.00. The van der Waals surface area contributed by atoms with Gasteiger partial charge in [0.15, 0.2) is 0 Å². The molecule has 0 saturated heterocycles. The van der Waals surface area contributed by atoms with E-state index < -0.39 is 23.9 Å². The van der Waals surface area contributed by atoms with E-state index in [0.29, 0.717) is 21.7 Å². The van der Waals surface area contributed by atoms with E-state index in [2.05, 4.69) is 5.32 Å². The summed E-state index contributed by atoms with van der Waals surface area (Å²) in [6.45, 7) is 0. The minimum Gasteiger partial charge on any atom is -0.481 e. The first-order valence-corrected chi connectivity index (χ1v) is 9.91. The van der Waals surface area contributed by atoms with Crippen molar-refractivity contribution in [3.8, 4) is 11.1 Å². The quantitative estimate of drug-likeness (QED) is 0.480. The van der Waals surface area contributed by atoms with Gasteiger partial charge in [-0.3, -0.25) is 9.59 Å². The highest BCUT2D eigenvalue weighted by molar-refractivity contribution is 6.31. The third-order valence-corrected chi connectivity index (χ3v) is 5.14. The predicted octanol–water partition coefficient (Wildman–Crippen LogP) is 4.52. The number of carbonyl (C=O) groups is 3. The smallest absolute Gasteiger partial charge is 0.336 e. The largest absolute Gasteiger partial charge is 0.481 e. The Labute approximate surface area is 184 Å². The Kier molecular flexibility index (Phi) is 7.05. The van der Waals surface area contributed by atoms with Gasteiger partial charge in [-0.05, 0) is 47.4 Å². The van der Waals surface area contributed by atoms with Crippen molar-refractivity contribution in [2.75, 3.05) is 0 Å². The van der Waals surface area contributed by atoms with Gasteiger partial charge in [-0.1, -0.05) is 60.1 Å². The van der Waals surface area contributed by atoms with E-state index in [9.17, 15) is 24.6 Å². The van der Waals surface area contributed by atoms with Crippen LogP contribution in [0.3, 0.4) is 0 Å². The minimum absolute atomic E-state index is 0.127. The molecule has 0 saturated carbocycles. The van der Waals surface area contributed by atoms with Gasteiger partial charge in [0, 0.05) is 16.6 Å². The van der Waals surface area contributed by atoms with Gasteiger partial charge < -0.3 is 15.5 Å². The van der Waals surface area contributed by atoms with Crippen molar-refractivity contribution in [3.63, 3.8) is 0 Å². The van der Waals surface area contributed by atoms with Crippen molar-refractivity contribution < 1.29 is 24.6 Å². The molecule has 3 aromatic carbocycles. The van der Waals surface area contributed by atoms with Gasteiger partial charge in [-0.25, -0.2) is 4.79 Å². The van der Waals surface area contributed by atoms with Crippen LogP contribution in [0.5, 0.6) is 0 Å². The number of carbonyl (C=O) groups excluding carboxylic acids is 1. The summed E-state index contributed by atoms with van der Waals surface area (Å²) in [6, 6.07) is 19.5. The number of benzene rings is 3. The molecule has 0 radical (unpaired) electrons. The molecule has 0 heterocycles. The first-order chi connectivity index (χ1) is 14.8. The Hall–Kier alpha value is -3.64. The summed E-state index contributed by atoms with van der Waals surface area (Å²) in [7, 11) is 0. The number of amides is 1. The minimum atomic E-state index is -1.06. The molecule has 0 aromatic heterocycles. The molecule has 3 N–H and O–H groups in total. The topological polar surface area (TPSA) is 104 Å². The van der Waals surface area contributed by atoms with Crippen molar-refractivity contribution in [3.05, 3.63) is 94.5 Å². The van der Waals surface area contributed by atoms with Crippen LogP contribution in [0.4, 0.5) is 0 Å². The van der Waals surface area contributed by atoms with Crippen molar-refractivity contribution in [2.45, 2.75) is 18.9 Å². The third-order valence-electron chi connectivity index (χ3n) is 4.77. The number of hydrogen-bond acceptors (Lipinski definition) is 3. The van der Waals surface area contributed by atoms with Gasteiger partial charge in [-0.2, -0.15) is 0 Å².